The van der Waals surface area contributed by atoms with Crippen molar-refractivity contribution < 1.29 is 23.4 Å². The first kappa shape index (κ1) is 20.8. The molecule has 3 aromatic rings. The smallest absolute Gasteiger partial charge is 0.336 e. The fourth-order valence-electron chi connectivity index (χ4n) is 3.57. The molecule has 4 rings (SSSR count). The van der Waals surface area contributed by atoms with E-state index < -0.39 is 0 Å². The summed E-state index contributed by atoms with van der Waals surface area (Å²) in [5, 5.41) is 3.73. The number of hydrogen-bond donors (Lipinski definition) is 1. The van der Waals surface area contributed by atoms with E-state index in [9.17, 15) is 9.59 Å². The molecule has 0 fully saturated rings. The van der Waals surface area contributed by atoms with Crippen molar-refractivity contribution in [2.24, 2.45) is 0 Å². The maximum atomic E-state index is 12.1. The van der Waals surface area contributed by atoms with Crippen molar-refractivity contribution in [2.75, 3.05) is 26.4 Å². The summed E-state index contributed by atoms with van der Waals surface area (Å²) >= 11 is 0. The lowest BCUT2D eigenvalue weighted by Crippen LogP contribution is -2.30. The van der Waals surface area contributed by atoms with Gasteiger partial charge in [-0.05, 0) is 48.2 Å². The number of fused-ring (bicyclic) bond motifs is 2. The largest absolute Gasteiger partial charge is 0.486 e. The Bertz CT molecular complexity index is 1140. The van der Waals surface area contributed by atoms with E-state index >= 15 is 0 Å². The first-order valence-electron chi connectivity index (χ1n) is 10.5. The van der Waals surface area contributed by atoms with Crippen molar-refractivity contribution in [3.05, 3.63) is 64.0 Å². The molecule has 7 heteroatoms. The molecule has 7 nitrogen and oxygen atoms in total. The SMILES string of the molecule is CCCc1cc(=O)oc2cc(OCC(=O)NCCc3ccc4c(c3)OCCO4)ccc12. The highest BCUT2D eigenvalue weighted by molar-refractivity contribution is 5.82. The minimum atomic E-state index is -0.384. The van der Waals surface area contributed by atoms with Gasteiger partial charge in [-0.3, -0.25) is 4.79 Å². The lowest BCUT2D eigenvalue weighted by molar-refractivity contribution is -0.123. The summed E-state index contributed by atoms with van der Waals surface area (Å²) in [5.74, 6) is 1.74. The van der Waals surface area contributed by atoms with Gasteiger partial charge in [-0.2, -0.15) is 0 Å². The molecule has 1 amide bonds. The summed E-state index contributed by atoms with van der Waals surface area (Å²) in [7, 11) is 0. The third-order valence-corrected chi connectivity index (χ3v) is 5.03. The van der Waals surface area contributed by atoms with Crippen molar-refractivity contribution in [3.63, 3.8) is 0 Å². The van der Waals surface area contributed by atoms with Gasteiger partial charge in [0, 0.05) is 24.1 Å². The maximum absolute atomic E-state index is 12.1. The predicted molar refractivity (Wildman–Crippen MR) is 116 cm³/mol. The summed E-state index contributed by atoms with van der Waals surface area (Å²) < 4.78 is 22.0. The molecule has 1 aromatic heterocycles. The molecule has 0 atom stereocenters. The molecule has 0 bridgehead atoms. The Hall–Kier alpha value is -3.48. The molecular formula is C24H25NO6. The van der Waals surface area contributed by atoms with Gasteiger partial charge >= 0.3 is 5.63 Å². The van der Waals surface area contributed by atoms with Gasteiger partial charge in [0.1, 0.15) is 24.5 Å². The highest BCUT2D eigenvalue weighted by Gasteiger charge is 2.12. The van der Waals surface area contributed by atoms with Crippen LogP contribution in [0.5, 0.6) is 17.2 Å². The average molecular weight is 423 g/mol. The van der Waals surface area contributed by atoms with Gasteiger partial charge < -0.3 is 23.9 Å². The molecule has 0 radical (unpaired) electrons. The Balaban J connectivity index is 1.29. The van der Waals surface area contributed by atoms with Crippen molar-refractivity contribution >= 4 is 16.9 Å². The normalized spacial score (nSPS) is 12.5. The standard InChI is InChI=1S/C24H25NO6/c1-2-3-17-13-24(27)31-21-14-18(5-6-19(17)21)30-15-23(26)25-9-8-16-4-7-20-22(12-16)29-11-10-28-20/h4-7,12-14H,2-3,8-11,15H2,1H3,(H,25,26). The Morgan fingerprint density at radius 3 is 2.71 bits per heavy atom. The zero-order chi connectivity index (χ0) is 21.6. The Kier molecular flexibility index (Phi) is 6.40. The number of carbonyl (C=O) groups is 1. The molecular weight excluding hydrogens is 398 g/mol. The van der Waals surface area contributed by atoms with E-state index in [4.69, 9.17) is 18.6 Å². The number of rotatable bonds is 8. The summed E-state index contributed by atoms with van der Waals surface area (Å²) in [6.07, 6.45) is 2.40. The summed E-state index contributed by atoms with van der Waals surface area (Å²) in [6.45, 7) is 3.53. The van der Waals surface area contributed by atoms with Crippen LogP contribution in [0.2, 0.25) is 0 Å². The molecule has 31 heavy (non-hydrogen) atoms. The molecule has 162 valence electrons. The second kappa shape index (κ2) is 9.55. The summed E-state index contributed by atoms with van der Waals surface area (Å²) in [5.41, 5.74) is 2.09. The van der Waals surface area contributed by atoms with Crippen molar-refractivity contribution in [1.29, 1.82) is 0 Å². The van der Waals surface area contributed by atoms with Crippen LogP contribution in [0.3, 0.4) is 0 Å². The van der Waals surface area contributed by atoms with E-state index in [2.05, 4.69) is 12.2 Å². The highest BCUT2D eigenvalue weighted by Crippen LogP contribution is 2.30. The topological polar surface area (TPSA) is 87.0 Å². The highest BCUT2D eigenvalue weighted by atomic mass is 16.6. The second-order valence-electron chi connectivity index (χ2n) is 7.37. The number of amides is 1. The number of aryl methyl sites for hydroxylation is 1. The number of carbonyl (C=O) groups excluding carboxylic acids is 1. The van der Waals surface area contributed by atoms with Gasteiger partial charge in [-0.15, -0.1) is 0 Å². The van der Waals surface area contributed by atoms with Gasteiger partial charge in [0.25, 0.3) is 5.91 Å². The average Bonchev–Trinajstić information content (AvgIpc) is 2.77. The van der Waals surface area contributed by atoms with Gasteiger partial charge in [-0.25, -0.2) is 4.79 Å². The quantitative estimate of drug-likeness (QED) is 0.560. The van der Waals surface area contributed by atoms with Gasteiger partial charge in [0.15, 0.2) is 18.1 Å². The number of ether oxygens (including phenoxy) is 3. The molecule has 0 aliphatic carbocycles. The summed E-state index contributed by atoms with van der Waals surface area (Å²) in [4.78, 5) is 23.9. The fourth-order valence-corrected chi connectivity index (χ4v) is 3.57. The van der Waals surface area contributed by atoms with E-state index in [1.807, 2.05) is 24.3 Å². The molecule has 1 N–H and O–H groups in total. The molecule has 0 spiro atoms. The molecule has 2 heterocycles. The van der Waals surface area contributed by atoms with E-state index in [0.29, 0.717) is 37.5 Å². The van der Waals surface area contributed by atoms with Crippen LogP contribution >= 0.6 is 0 Å². The Morgan fingerprint density at radius 2 is 1.87 bits per heavy atom. The first-order chi connectivity index (χ1) is 15.1. The Labute approximate surface area is 179 Å². The van der Waals surface area contributed by atoms with E-state index in [1.165, 1.54) is 6.07 Å². The van der Waals surface area contributed by atoms with Crippen LogP contribution in [0.15, 0.2) is 51.7 Å². The zero-order valence-corrected chi connectivity index (χ0v) is 17.4. The van der Waals surface area contributed by atoms with Crippen LogP contribution in [-0.2, 0) is 17.6 Å². The summed E-state index contributed by atoms with van der Waals surface area (Å²) in [6, 6.07) is 12.6. The fraction of sp³-hybridized carbons (Fsp3) is 0.333. The third-order valence-electron chi connectivity index (χ3n) is 5.03. The van der Waals surface area contributed by atoms with Crippen LogP contribution in [0.25, 0.3) is 11.0 Å². The van der Waals surface area contributed by atoms with Crippen LogP contribution in [0.1, 0.15) is 24.5 Å². The zero-order valence-electron chi connectivity index (χ0n) is 17.4. The van der Waals surface area contributed by atoms with E-state index in [-0.39, 0.29) is 18.1 Å². The lowest BCUT2D eigenvalue weighted by atomic mass is 10.1. The van der Waals surface area contributed by atoms with Gasteiger partial charge in [0.2, 0.25) is 0 Å². The first-order valence-corrected chi connectivity index (χ1v) is 10.5. The maximum Gasteiger partial charge on any atom is 0.336 e. The molecule has 2 aromatic carbocycles. The minimum absolute atomic E-state index is 0.120. The molecule has 1 aliphatic heterocycles. The molecule has 0 saturated heterocycles. The van der Waals surface area contributed by atoms with Crippen LogP contribution in [0, 0.1) is 0 Å². The third kappa shape index (κ3) is 5.17. The minimum Gasteiger partial charge on any atom is -0.486 e. The number of hydrogen-bond acceptors (Lipinski definition) is 6. The molecule has 0 unspecified atom stereocenters. The van der Waals surface area contributed by atoms with E-state index in [0.717, 1.165) is 40.9 Å². The predicted octanol–water partition coefficient (Wildman–Crippen LogP) is 3.25. The Morgan fingerprint density at radius 1 is 1.03 bits per heavy atom. The van der Waals surface area contributed by atoms with Crippen LogP contribution in [-0.4, -0.2) is 32.3 Å². The van der Waals surface area contributed by atoms with E-state index in [1.54, 1.807) is 12.1 Å². The number of benzene rings is 2. The lowest BCUT2D eigenvalue weighted by Gasteiger charge is -2.18. The van der Waals surface area contributed by atoms with Gasteiger partial charge in [-0.1, -0.05) is 19.4 Å². The number of nitrogens with one attached hydrogen (secondary N) is 1. The van der Waals surface area contributed by atoms with Crippen LogP contribution in [0.4, 0.5) is 0 Å². The van der Waals surface area contributed by atoms with Crippen molar-refractivity contribution in [3.8, 4) is 17.2 Å². The molecule has 1 aliphatic rings. The van der Waals surface area contributed by atoms with Crippen molar-refractivity contribution in [1.82, 2.24) is 5.32 Å². The molecule has 0 saturated carbocycles. The monoisotopic (exact) mass is 423 g/mol. The van der Waals surface area contributed by atoms with Gasteiger partial charge in [0.05, 0.1) is 0 Å². The second-order valence-corrected chi connectivity index (χ2v) is 7.37. The van der Waals surface area contributed by atoms with Crippen LogP contribution < -0.4 is 25.2 Å². The van der Waals surface area contributed by atoms with Crippen molar-refractivity contribution in [2.45, 2.75) is 26.2 Å².